The van der Waals surface area contributed by atoms with Crippen molar-refractivity contribution in [3.8, 4) is 5.75 Å². The zero-order chi connectivity index (χ0) is 20.4. The predicted molar refractivity (Wildman–Crippen MR) is 104 cm³/mol. The van der Waals surface area contributed by atoms with Gasteiger partial charge in [0.05, 0.1) is 0 Å². The highest BCUT2D eigenvalue weighted by molar-refractivity contribution is 5.93. The molecule has 1 aliphatic rings. The van der Waals surface area contributed by atoms with E-state index < -0.39 is 6.36 Å². The number of H-pyrrole nitrogens is 1. The maximum atomic E-state index is 12.5. The number of hydrogen-bond acceptors (Lipinski definition) is 3. The Hall–Kier alpha value is -3.36. The molecular weight excluding hydrogens is 385 g/mol. The average molecular weight is 404 g/mol. The molecule has 3 aromatic rings. The highest BCUT2D eigenvalue weighted by Crippen LogP contribution is 2.27. The molecule has 9 heteroatoms. The lowest BCUT2D eigenvalue weighted by Crippen LogP contribution is -2.50. The van der Waals surface area contributed by atoms with Crippen molar-refractivity contribution in [2.24, 2.45) is 0 Å². The van der Waals surface area contributed by atoms with Crippen LogP contribution in [0.15, 0.2) is 54.7 Å². The second-order valence-corrected chi connectivity index (χ2v) is 6.69. The van der Waals surface area contributed by atoms with E-state index in [0.717, 1.165) is 16.6 Å². The number of aromatic amines is 1. The minimum atomic E-state index is -4.74. The Morgan fingerprint density at radius 1 is 1.00 bits per heavy atom. The fraction of sp³-hybridized carbons (Fsp3) is 0.250. The number of fused-ring (bicyclic) bond motifs is 1. The van der Waals surface area contributed by atoms with E-state index in [1.165, 1.54) is 24.3 Å². The number of aromatic nitrogens is 1. The number of rotatable bonds is 3. The van der Waals surface area contributed by atoms with Crippen molar-refractivity contribution in [1.82, 2.24) is 9.88 Å². The quantitative estimate of drug-likeness (QED) is 0.679. The van der Waals surface area contributed by atoms with Gasteiger partial charge in [0.1, 0.15) is 5.75 Å². The van der Waals surface area contributed by atoms with Crippen LogP contribution < -0.4 is 15.0 Å². The SMILES string of the molecule is O=C(Nc1ccc(OC(F)(F)F)cc1)N1CCN(c2cccc3[nH]ccc23)CC1. The van der Waals surface area contributed by atoms with Gasteiger partial charge in [0.15, 0.2) is 0 Å². The van der Waals surface area contributed by atoms with Crippen molar-refractivity contribution in [2.45, 2.75) is 6.36 Å². The van der Waals surface area contributed by atoms with Gasteiger partial charge < -0.3 is 24.8 Å². The molecule has 0 bridgehead atoms. The molecule has 2 N–H and O–H groups in total. The van der Waals surface area contributed by atoms with E-state index in [2.05, 4.69) is 26.0 Å². The Morgan fingerprint density at radius 2 is 1.72 bits per heavy atom. The van der Waals surface area contributed by atoms with Gasteiger partial charge in [0, 0.05) is 54.7 Å². The van der Waals surface area contributed by atoms with Crippen LogP contribution in [0.2, 0.25) is 0 Å². The molecule has 0 unspecified atom stereocenters. The largest absolute Gasteiger partial charge is 0.573 e. The molecule has 0 aliphatic carbocycles. The van der Waals surface area contributed by atoms with E-state index in [4.69, 9.17) is 0 Å². The number of nitrogens with one attached hydrogen (secondary N) is 2. The molecule has 2 amide bonds. The predicted octanol–water partition coefficient (Wildman–Crippen LogP) is 4.42. The number of urea groups is 1. The Kier molecular flexibility index (Phi) is 4.96. The lowest BCUT2D eigenvalue weighted by Gasteiger charge is -2.36. The summed E-state index contributed by atoms with van der Waals surface area (Å²) in [5.74, 6) is -0.331. The van der Waals surface area contributed by atoms with Crippen LogP contribution in [0, 0.1) is 0 Å². The van der Waals surface area contributed by atoms with Gasteiger partial charge in [-0.05, 0) is 42.5 Å². The number of ether oxygens (including phenoxy) is 1. The van der Waals surface area contributed by atoms with Gasteiger partial charge in [-0.2, -0.15) is 0 Å². The summed E-state index contributed by atoms with van der Waals surface area (Å²) in [5.41, 5.74) is 2.61. The van der Waals surface area contributed by atoms with E-state index in [-0.39, 0.29) is 11.8 Å². The topological polar surface area (TPSA) is 60.6 Å². The molecule has 2 aromatic carbocycles. The summed E-state index contributed by atoms with van der Waals surface area (Å²) in [7, 11) is 0. The van der Waals surface area contributed by atoms with E-state index in [9.17, 15) is 18.0 Å². The summed E-state index contributed by atoms with van der Waals surface area (Å²) in [5, 5.41) is 3.85. The van der Waals surface area contributed by atoms with Crippen LogP contribution in [0.5, 0.6) is 5.75 Å². The first kappa shape index (κ1) is 19.0. The number of piperazine rings is 1. The Bertz CT molecular complexity index is 993. The number of carbonyl (C=O) groups is 1. The maximum absolute atomic E-state index is 12.5. The van der Waals surface area contributed by atoms with Crippen molar-refractivity contribution >= 4 is 28.3 Å². The number of nitrogens with zero attached hydrogens (tertiary/aromatic N) is 2. The van der Waals surface area contributed by atoms with Crippen molar-refractivity contribution in [1.29, 1.82) is 0 Å². The monoisotopic (exact) mass is 404 g/mol. The van der Waals surface area contributed by atoms with E-state index in [1.54, 1.807) is 4.90 Å². The first-order chi connectivity index (χ1) is 13.9. The maximum Gasteiger partial charge on any atom is 0.573 e. The van der Waals surface area contributed by atoms with Crippen molar-refractivity contribution in [2.75, 3.05) is 36.4 Å². The molecule has 0 radical (unpaired) electrons. The molecule has 152 valence electrons. The normalized spacial score (nSPS) is 14.9. The fourth-order valence-electron chi connectivity index (χ4n) is 3.44. The summed E-state index contributed by atoms with van der Waals surface area (Å²) in [4.78, 5) is 19.6. The van der Waals surface area contributed by atoms with Crippen LogP contribution in [-0.4, -0.2) is 48.5 Å². The third-order valence-electron chi connectivity index (χ3n) is 4.82. The smallest absolute Gasteiger partial charge is 0.406 e. The van der Waals surface area contributed by atoms with Crippen LogP contribution in [0.3, 0.4) is 0 Å². The van der Waals surface area contributed by atoms with Crippen molar-refractivity contribution in [3.63, 3.8) is 0 Å². The molecule has 1 saturated heterocycles. The van der Waals surface area contributed by atoms with Gasteiger partial charge in [-0.25, -0.2) is 4.79 Å². The summed E-state index contributed by atoms with van der Waals surface area (Å²) >= 11 is 0. The molecule has 0 atom stereocenters. The van der Waals surface area contributed by atoms with Crippen LogP contribution in [0.1, 0.15) is 0 Å². The minimum absolute atomic E-state index is 0.283. The number of anilines is 2. The molecule has 1 fully saturated rings. The first-order valence-electron chi connectivity index (χ1n) is 9.12. The standard InChI is InChI=1S/C20H19F3N4O2/c21-20(22,23)29-15-6-4-14(5-7-15)25-19(28)27-12-10-26(11-13-27)18-3-1-2-17-16(18)8-9-24-17/h1-9,24H,10-13H2,(H,25,28). The first-order valence-corrected chi connectivity index (χ1v) is 9.12. The number of amides is 2. The van der Waals surface area contributed by atoms with E-state index in [1.807, 2.05) is 24.4 Å². The number of halogens is 3. The van der Waals surface area contributed by atoms with Crippen LogP contribution in [-0.2, 0) is 0 Å². The number of hydrogen-bond donors (Lipinski definition) is 2. The van der Waals surface area contributed by atoms with Gasteiger partial charge >= 0.3 is 12.4 Å². The number of alkyl halides is 3. The average Bonchev–Trinajstić information content (AvgIpc) is 3.17. The molecule has 6 nitrogen and oxygen atoms in total. The van der Waals surface area contributed by atoms with Crippen molar-refractivity contribution in [3.05, 3.63) is 54.7 Å². The molecular formula is C20H19F3N4O2. The van der Waals surface area contributed by atoms with Gasteiger partial charge in [-0.1, -0.05) is 6.07 Å². The molecule has 2 heterocycles. The zero-order valence-electron chi connectivity index (χ0n) is 15.4. The van der Waals surface area contributed by atoms with E-state index >= 15 is 0 Å². The highest BCUT2D eigenvalue weighted by atomic mass is 19.4. The van der Waals surface area contributed by atoms with Crippen molar-refractivity contribution < 1.29 is 22.7 Å². The molecule has 0 spiro atoms. The van der Waals surface area contributed by atoms with Gasteiger partial charge in [-0.15, -0.1) is 13.2 Å². The van der Waals surface area contributed by atoms with Gasteiger partial charge in [0.25, 0.3) is 0 Å². The number of benzene rings is 2. The highest BCUT2D eigenvalue weighted by Gasteiger charge is 2.31. The molecule has 1 aromatic heterocycles. The third-order valence-corrected chi connectivity index (χ3v) is 4.82. The summed E-state index contributed by atoms with van der Waals surface area (Å²) in [6.07, 6.45) is -2.84. The van der Waals surface area contributed by atoms with Crippen LogP contribution >= 0.6 is 0 Å². The lowest BCUT2D eigenvalue weighted by molar-refractivity contribution is -0.274. The van der Waals surface area contributed by atoms with Crippen LogP contribution in [0.25, 0.3) is 10.9 Å². The summed E-state index contributed by atoms with van der Waals surface area (Å²) in [6, 6.07) is 12.9. The molecule has 0 saturated carbocycles. The van der Waals surface area contributed by atoms with Crippen LogP contribution in [0.4, 0.5) is 29.3 Å². The van der Waals surface area contributed by atoms with Gasteiger partial charge in [0.2, 0.25) is 0 Å². The third kappa shape index (κ3) is 4.39. The Morgan fingerprint density at radius 3 is 2.41 bits per heavy atom. The summed E-state index contributed by atoms with van der Waals surface area (Å²) in [6.45, 7) is 2.47. The second kappa shape index (κ2) is 7.57. The Labute approximate surface area is 164 Å². The van der Waals surface area contributed by atoms with E-state index in [0.29, 0.717) is 31.9 Å². The zero-order valence-corrected chi connectivity index (χ0v) is 15.4. The minimum Gasteiger partial charge on any atom is -0.406 e. The lowest BCUT2D eigenvalue weighted by atomic mass is 10.2. The Balaban J connectivity index is 1.34. The number of carbonyl (C=O) groups excluding carboxylic acids is 1. The van der Waals surface area contributed by atoms with Gasteiger partial charge in [-0.3, -0.25) is 0 Å². The molecule has 1 aliphatic heterocycles. The molecule has 4 rings (SSSR count). The summed E-state index contributed by atoms with van der Waals surface area (Å²) < 4.78 is 40.5. The molecule has 29 heavy (non-hydrogen) atoms. The fourth-order valence-corrected chi connectivity index (χ4v) is 3.44. The second-order valence-electron chi connectivity index (χ2n) is 6.69.